The van der Waals surface area contributed by atoms with Crippen molar-refractivity contribution in [1.82, 2.24) is 4.98 Å². The van der Waals surface area contributed by atoms with Crippen LogP contribution in [-0.2, 0) is 6.42 Å². The minimum Gasteiger partial charge on any atom is -0.362 e. The fourth-order valence-corrected chi connectivity index (χ4v) is 2.14. The van der Waals surface area contributed by atoms with Crippen LogP contribution in [-0.4, -0.2) is 18.1 Å². The maximum absolute atomic E-state index is 5.56. The van der Waals surface area contributed by atoms with Crippen molar-refractivity contribution < 1.29 is 0 Å². The first-order valence-electron chi connectivity index (χ1n) is 5.64. The van der Waals surface area contributed by atoms with E-state index in [1.807, 2.05) is 0 Å². The SMILES string of the molecule is CCc1csc(NCCCC(C)CN)n1. The number of hydrogen-bond donors (Lipinski definition) is 2. The number of nitrogens with zero attached hydrogens (tertiary/aromatic N) is 1. The van der Waals surface area contributed by atoms with Crippen LogP contribution < -0.4 is 11.1 Å². The van der Waals surface area contributed by atoms with Crippen molar-refractivity contribution in [3.05, 3.63) is 11.1 Å². The van der Waals surface area contributed by atoms with Gasteiger partial charge in [0.15, 0.2) is 5.13 Å². The zero-order valence-electron chi connectivity index (χ0n) is 9.62. The highest BCUT2D eigenvalue weighted by molar-refractivity contribution is 7.13. The van der Waals surface area contributed by atoms with E-state index in [9.17, 15) is 0 Å². The van der Waals surface area contributed by atoms with Gasteiger partial charge in [-0.2, -0.15) is 0 Å². The van der Waals surface area contributed by atoms with Crippen LogP contribution in [0.3, 0.4) is 0 Å². The zero-order valence-corrected chi connectivity index (χ0v) is 10.4. The summed E-state index contributed by atoms with van der Waals surface area (Å²) in [5, 5.41) is 6.51. The molecule has 15 heavy (non-hydrogen) atoms. The van der Waals surface area contributed by atoms with Gasteiger partial charge >= 0.3 is 0 Å². The van der Waals surface area contributed by atoms with Gasteiger partial charge in [0.1, 0.15) is 0 Å². The first-order valence-corrected chi connectivity index (χ1v) is 6.52. The van der Waals surface area contributed by atoms with Crippen molar-refractivity contribution in [3.63, 3.8) is 0 Å². The molecule has 0 saturated heterocycles. The van der Waals surface area contributed by atoms with E-state index < -0.39 is 0 Å². The van der Waals surface area contributed by atoms with Gasteiger partial charge in [0, 0.05) is 11.9 Å². The fourth-order valence-electron chi connectivity index (χ4n) is 1.31. The molecule has 0 saturated carbocycles. The van der Waals surface area contributed by atoms with E-state index in [0.717, 1.165) is 24.6 Å². The molecule has 86 valence electrons. The molecule has 3 N–H and O–H groups in total. The summed E-state index contributed by atoms with van der Waals surface area (Å²) in [6.45, 7) is 6.11. The molecular formula is C11H21N3S. The molecule has 3 nitrogen and oxygen atoms in total. The van der Waals surface area contributed by atoms with Crippen molar-refractivity contribution in [2.24, 2.45) is 11.7 Å². The third kappa shape index (κ3) is 4.62. The van der Waals surface area contributed by atoms with Gasteiger partial charge in [0.05, 0.1) is 5.69 Å². The minimum atomic E-state index is 0.634. The average Bonchev–Trinajstić information content (AvgIpc) is 2.72. The van der Waals surface area contributed by atoms with Gasteiger partial charge in [-0.25, -0.2) is 4.98 Å². The lowest BCUT2D eigenvalue weighted by Crippen LogP contribution is -2.12. The van der Waals surface area contributed by atoms with Gasteiger partial charge in [-0.05, 0) is 31.7 Å². The van der Waals surface area contributed by atoms with Crippen molar-refractivity contribution in [1.29, 1.82) is 0 Å². The smallest absolute Gasteiger partial charge is 0.182 e. The Morgan fingerprint density at radius 3 is 3.00 bits per heavy atom. The molecule has 0 aliphatic heterocycles. The van der Waals surface area contributed by atoms with Crippen molar-refractivity contribution in [3.8, 4) is 0 Å². The number of rotatable bonds is 7. The highest BCUT2D eigenvalue weighted by Gasteiger charge is 2.01. The van der Waals surface area contributed by atoms with Crippen LogP contribution in [0.2, 0.25) is 0 Å². The molecule has 0 aliphatic rings. The Morgan fingerprint density at radius 1 is 1.60 bits per heavy atom. The second kappa shape index (κ2) is 6.80. The van der Waals surface area contributed by atoms with E-state index >= 15 is 0 Å². The summed E-state index contributed by atoms with van der Waals surface area (Å²) >= 11 is 1.69. The highest BCUT2D eigenvalue weighted by atomic mass is 32.1. The molecule has 4 heteroatoms. The van der Waals surface area contributed by atoms with Gasteiger partial charge in [-0.15, -0.1) is 11.3 Å². The summed E-state index contributed by atoms with van der Waals surface area (Å²) in [5.74, 6) is 0.634. The number of hydrogen-bond acceptors (Lipinski definition) is 4. The van der Waals surface area contributed by atoms with Crippen LogP contribution in [0.5, 0.6) is 0 Å². The maximum Gasteiger partial charge on any atom is 0.182 e. The summed E-state index contributed by atoms with van der Waals surface area (Å²) in [4.78, 5) is 4.45. The van der Waals surface area contributed by atoms with E-state index in [2.05, 4.69) is 29.5 Å². The molecule has 1 atom stereocenters. The molecule has 0 radical (unpaired) electrons. The monoisotopic (exact) mass is 227 g/mol. The van der Waals surface area contributed by atoms with Crippen LogP contribution in [0.4, 0.5) is 5.13 Å². The average molecular weight is 227 g/mol. The Balaban J connectivity index is 2.14. The molecule has 1 aromatic rings. The number of nitrogens with two attached hydrogens (primary N) is 1. The third-order valence-electron chi connectivity index (χ3n) is 2.47. The minimum absolute atomic E-state index is 0.634. The molecule has 1 heterocycles. The second-order valence-corrected chi connectivity index (χ2v) is 4.77. The summed E-state index contributed by atoms with van der Waals surface area (Å²) in [7, 11) is 0. The first-order chi connectivity index (χ1) is 7.26. The summed E-state index contributed by atoms with van der Waals surface area (Å²) in [6, 6.07) is 0. The Morgan fingerprint density at radius 2 is 2.40 bits per heavy atom. The van der Waals surface area contributed by atoms with Crippen LogP contribution in [0, 0.1) is 5.92 Å². The fraction of sp³-hybridized carbons (Fsp3) is 0.727. The predicted octanol–water partition coefficient (Wildman–Crippen LogP) is 2.49. The summed E-state index contributed by atoms with van der Waals surface area (Å²) in [6.07, 6.45) is 3.37. The van der Waals surface area contributed by atoms with Crippen LogP contribution >= 0.6 is 11.3 Å². The number of thiazole rings is 1. The molecule has 0 spiro atoms. The van der Waals surface area contributed by atoms with Gasteiger partial charge in [-0.1, -0.05) is 13.8 Å². The van der Waals surface area contributed by atoms with E-state index in [0.29, 0.717) is 5.92 Å². The first kappa shape index (κ1) is 12.5. The largest absolute Gasteiger partial charge is 0.362 e. The zero-order chi connectivity index (χ0) is 11.1. The van der Waals surface area contributed by atoms with Crippen molar-refractivity contribution in [2.75, 3.05) is 18.4 Å². The Kier molecular flexibility index (Phi) is 5.65. The Labute approximate surface area is 96.1 Å². The molecule has 0 amide bonds. The van der Waals surface area contributed by atoms with E-state index in [1.54, 1.807) is 11.3 Å². The Bertz CT molecular complexity index is 273. The number of aromatic nitrogens is 1. The van der Waals surface area contributed by atoms with E-state index in [-0.39, 0.29) is 0 Å². The van der Waals surface area contributed by atoms with Crippen LogP contribution in [0.1, 0.15) is 32.4 Å². The van der Waals surface area contributed by atoms with Gasteiger partial charge in [0.25, 0.3) is 0 Å². The molecular weight excluding hydrogens is 206 g/mol. The van der Waals surface area contributed by atoms with Gasteiger partial charge < -0.3 is 11.1 Å². The summed E-state index contributed by atoms with van der Waals surface area (Å²) in [5.41, 5.74) is 6.73. The van der Waals surface area contributed by atoms with Gasteiger partial charge in [-0.3, -0.25) is 0 Å². The molecule has 1 aromatic heterocycles. The normalized spacial score (nSPS) is 12.7. The molecule has 1 rings (SSSR count). The lowest BCUT2D eigenvalue weighted by Gasteiger charge is -2.07. The van der Waals surface area contributed by atoms with Crippen molar-refractivity contribution >= 4 is 16.5 Å². The van der Waals surface area contributed by atoms with Crippen LogP contribution in [0.25, 0.3) is 0 Å². The van der Waals surface area contributed by atoms with E-state index in [1.165, 1.54) is 18.5 Å². The lowest BCUT2D eigenvalue weighted by molar-refractivity contribution is 0.529. The molecule has 1 unspecified atom stereocenters. The highest BCUT2D eigenvalue weighted by Crippen LogP contribution is 2.15. The van der Waals surface area contributed by atoms with E-state index in [4.69, 9.17) is 5.73 Å². The number of aryl methyl sites for hydroxylation is 1. The number of anilines is 1. The second-order valence-electron chi connectivity index (χ2n) is 3.91. The predicted molar refractivity (Wildman–Crippen MR) is 67.4 cm³/mol. The van der Waals surface area contributed by atoms with Crippen molar-refractivity contribution in [2.45, 2.75) is 33.1 Å². The maximum atomic E-state index is 5.56. The number of nitrogens with one attached hydrogen (secondary N) is 1. The molecule has 0 bridgehead atoms. The van der Waals surface area contributed by atoms with Gasteiger partial charge in [0.2, 0.25) is 0 Å². The quantitative estimate of drug-likeness (QED) is 0.704. The molecule has 0 aromatic carbocycles. The lowest BCUT2D eigenvalue weighted by atomic mass is 10.1. The molecule has 0 fully saturated rings. The Hall–Kier alpha value is -0.610. The molecule has 0 aliphatic carbocycles. The topological polar surface area (TPSA) is 50.9 Å². The summed E-state index contributed by atoms with van der Waals surface area (Å²) < 4.78 is 0. The standard InChI is InChI=1S/C11H21N3S/c1-3-10-8-15-11(14-10)13-6-4-5-9(2)7-12/h8-9H,3-7,12H2,1-2H3,(H,13,14). The third-order valence-corrected chi connectivity index (χ3v) is 3.32. The van der Waals surface area contributed by atoms with Crippen LogP contribution in [0.15, 0.2) is 5.38 Å².